The Kier molecular flexibility index (Phi) is 6.96. The Morgan fingerprint density at radius 1 is 1.13 bits per heavy atom. The summed E-state index contributed by atoms with van der Waals surface area (Å²) in [4.78, 5) is 63.2. The van der Waals surface area contributed by atoms with Crippen LogP contribution in [0.4, 0.5) is 18.0 Å². The number of aromatic nitrogens is 2. The highest BCUT2D eigenvalue weighted by Gasteiger charge is 2.80. The quantitative estimate of drug-likeness (QED) is 0.457. The van der Waals surface area contributed by atoms with E-state index in [-0.39, 0.29) is 24.8 Å². The van der Waals surface area contributed by atoms with Crippen molar-refractivity contribution in [2.75, 3.05) is 6.61 Å². The monoisotopic (exact) mass is 638 g/mol. The molecule has 15 heteroatoms. The van der Waals surface area contributed by atoms with Crippen LogP contribution >= 0.6 is 0 Å². The number of ketones is 2. The van der Waals surface area contributed by atoms with Crippen LogP contribution in [0, 0.1) is 28.5 Å². The molecular formula is C30H33F3N2O10. The van der Waals surface area contributed by atoms with E-state index in [1.807, 2.05) is 0 Å². The first-order chi connectivity index (χ1) is 20.9. The normalized spacial score (nSPS) is 40.9. The van der Waals surface area contributed by atoms with Crippen LogP contribution in [0.1, 0.15) is 47.0 Å². The molecule has 4 unspecified atom stereocenters. The van der Waals surface area contributed by atoms with Crippen LogP contribution < -0.4 is 11.2 Å². The zero-order valence-electron chi connectivity index (χ0n) is 24.9. The number of Topliss-reactive ketones (excluding diaryl/α,β-unsaturated/α-hetero) is 1. The molecule has 0 aromatic carbocycles. The molecule has 1 aliphatic heterocycles. The molecule has 0 spiro atoms. The number of carbonyl (C=O) groups is 3. The Bertz CT molecular complexity index is 1670. The van der Waals surface area contributed by atoms with Gasteiger partial charge in [0, 0.05) is 16.7 Å². The second-order valence-electron chi connectivity index (χ2n) is 13.4. The van der Waals surface area contributed by atoms with Gasteiger partial charge in [0.05, 0.1) is 18.4 Å². The number of rotatable bonds is 5. The van der Waals surface area contributed by atoms with Crippen molar-refractivity contribution in [3.8, 4) is 0 Å². The molecule has 0 bridgehead atoms. The third kappa shape index (κ3) is 4.26. The molecule has 6 rings (SSSR count). The first-order valence-corrected chi connectivity index (χ1v) is 14.6. The highest BCUT2D eigenvalue weighted by Crippen LogP contribution is 2.72. The molecule has 5 aliphatic rings. The maximum atomic E-state index is 17.5. The number of hydrogen-bond acceptors (Lipinski definition) is 10. The summed E-state index contributed by atoms with van der Waals surface area (Å²) < 4.78 is 69.6. The van der Waals surface area contributed by atoms with Crippen molar-refractivity contribution in [1.29, 1.82) is 0 Å². The van der Waals surface area contributed by atoms with Crippen LogP contribution in [0.5, 0.6) is 0 Å². The Labute approximate surface area is 254 Å². The molecular weight excluding hydrogens is 605 g/mol. The van der Waals surface area contributed by atoms with Crippen LogP contribution in [0.3, 0.4) is 0 Å². The summed E-state index contributed by atoms with van der Waals surface area (Å²) in [6.07, 6.45) is -2.22. The van der Waals surface area contributed by atoms with Crippen molar-refractivity contribution in [1.82, 2.24) is 9.55 Å². The minimum absolute atomic E-state index is 0.0345. The van der Waals surface area contributed by atoms with E-state index in [0.29, 0.717) is 10.8 Å². The van der Waals surface area contributed by atoms with Crippen molar-refractivity contribution < 1.29 is 51.6 Å². The molecule has 2 N–H and O–H groups in total. The van der Waals surface area contributed by atoms with Crippen LogP contribution in [0.15, 0.2) is 39.6 Å². The molecule has 1 aromatic rings. The number of carbonyl (C=O) groups excluding carboxylic acids is 3. The van der Waals surface area contributed by atoms with Crippen LogP contribution in [-0.4, -0.2) is 74.4 Å². The van der Waals surface area contributed by atoms with Crippen molar-refractivity contribution in [3.05, 3.63) is 56.7 Å². The van der Waals surface area contributed by atoms with Gasteiger partial charge in [-0.15, -0.1) is 0 Å². The zero-order chi connectivity index (χ0) is 32.9. The molecule has 4 fully saturated rings. The van der Waals surface area contributed by atoms with E-state index in [0.717, 1.165) is 6.08 Å². The van der Waals surface area contributed by atoms with Gasteiger partial charge in [0.1, 0.15) is 6.17 Å². The number of ether oxygens (including phenoxy) is 4. The van der Waals surface area contributed by atoms with E-state index in [2.05, 4.69) is 0 Å². The molecule has 3 saturated carbocycles. The number of halogens is 3. The molecule has 12 nitrogen and oxygen atoms in total. The second-order valence-corrected chi connectivity index (χ2v) is 13.4. The van der Waals surface area contributed by atoms with Crippen LogP contribution in [0.2, 0.25) is 0 Å². The summed E-state index contributed by atoms with van der Waals surface area (Å²) in [5.74, 6) is -5.67. The van der Waals surface area contributed by atoms with Gasteiger partial charge in [0.15, 0.2) is 36.2 Å². The van der Waals surface area contributed by atoms with Crippen molar-refractivity contribution in [3.63, 3.8) is 0 Å². The number of H-pyrrole nitrogens is 1. The molecule has 4 aliphatic carbocycles. The molecule has 2 heterocycles. The predicted molar refractivity (Wildman–Crippen MR) is 146 cm³/mol. The minimum Gasteiger partial charge on any atom is -0.426 e. The fraction of sp³-hybridized carbons (Fsp3) is 0.633. The van der Waals surface area contributed by atoms with E-state index >= 15 is 8.78 Å². The molecule has 9 atom stereocenters. The smallest absolute Gasteiger partial charge is 0.426 e. The lowest BCUT2D eigenvalue weighted by Crippen LogP contribution is -2.71. The predicted octanol–water partition coefficient (Wildman–Crippen LogP) is 2.17. The van der Waals surface area contributed by atoms with Gasteiger partial charge in [0.25, 0.3) is 5.56 Å². The second kappa shape index (κ2) is 9.97. The molecule has 1 saturated heterocycles. The summed E-state index contributed by atoms with van der Waals surface area (Å²) in [5, 5.41) is 11.6. The van der Waals surface area contributed by atoms with Crippen LogP contribution in [-0.2, 0) is 35.3 Å². The number of nitrogens with zero attached hydrogens (tertiary/aromatic N) is 1. The Morgan fingerprint density at radius 2 is 1.84 bits per heavy atom. The molecule has 0 radical (unpaired) electrons. The number of fused-ring (bicyclic) bond motifs is 7. The maximum Gasteiger partial charge on any atom is 0.510 e. The largest absolute Gasteiger partial charge is 0.510 e. The highest BCUT2D eigenvalue weighted by atomic mass is 19.1. The Morgan fingerprint density at radius 3 is 2.56 bits per heavy atom. The maximum absolute atomic E-state index is 17.5. The van der Waals surface area contributed by atoms with E-state index in [1.54, 1.807) is 25.8 Å². The third-order valence-corrected chi connectivity index (χ3v) is 10.6. The Balaban J connectivity index is 1.27. The summed E-state index contributed by atoms with van der Waals surface area (Å²) in [7, 11) is 0. The SMILES string of the molecule is CC1(C)O[C@@H]2CC3C4C[C@H](F)C5=CC(=O)C=CC5(C)[C@@]4(F)[C@@H](O)CC3(C)[C@]2(C(=O)COC(=O)OCn2cc(F)c(=O)[nH]c2=O)O1. The number of nitrogens with one attached hydrogen (secondary N) is 1. The van der Waals surface area contributed by atoms with E-state index in [1.165, 1.54) is 19.1 Å². The summed E-state index contributed by atoms with van der Waals surface area (Å²) in [6, 6.07) is 0. The number of aliphatic hydroxyl groups is 1. The number of hydrogen-bond donors (Lipinski definition) is 2. The fourth-order valence-electron chi connectivity index (χ4n) is 8.78. The van der Waals surface area contributed by atoms with Crippen molar-refractivity contribution in [2.45, 2.75) is 89.1 Å². The fourth-order valence-corrected chi connectivity index (χ4v) is 8.78. The standard InChI is InChI=1S/C30H33F3N2O10/c1-26(2)44-22-9-15-16-8-18(31)17-7-14(36)5-6-27(17,3)29(16,33)20(37)10-28(15,4)30(22,45-26)21(38)12-42-25(41)43-13-35-11-19(32)23(39)34-24(35)40/h5-7,11,15-16,18,20,22,37H,8-10,12-13H2,1-4H3,(H,34,39,40)/t15?,16?,18-,20-,22+,27?,28?,29-,30+/m0/s1. The lowest BCUT2D eigenvalue weighted by Gasteiger charge is -2.63. The summed E-state index contributed by atoms with van der Waals surface area (Å²) >= 11 is 0. The Hall–Kier alpha value is -3.56. The highest BCUT2D eigenvalue weighted by molar-refractivity contribution is 6.01. The first kappa shape index (κ1) is 31.4. The van der Waals surface area contributed by atoms with Gasteiger partial charge in [-0.05, 0) is 63.7 Å². The molecule has 45 heavy (non-hydrogen) atoms. The van der Waals surface area contributed by atoms with Gasteiger partial charge >= 0.3 is 11.8 Å². The van der Waals surface area contributed by atoms with Crippen molar-refractivity contribution >= 4 is 17.7 Å². The molecule has 244 valence electrons. The van der Waals surface area contributed by atoms with E-state index in [9.17, 15) is 33.5 Å². The van der Waals surface area contributed by atoms with E-state index in [4.69, 9.17) is 18.9 Å². The minimum atomic E-state index is -2.39. The third-order valence-electron chi connectivity index (χ3n) is 10.6. The van der Waals surface area contributed by atoms with E-state index < -0.39 is 106 Å². The molecule has 1 aromatic heterocycles. The lowest BCUT2D eigenvalue weighted by atomic mass is 9.44. The van der Waals surface area contributed by atoms with Gasteiger partial charge < -0.3 is 24.1 Å². The summed E-state index contributed by atoms with van der Waals surface area (Å²) in [6.45, 7) is 4.52. The summed E-state index contributed by atoms with van der Waals surface area (Å²) in [5.41, 5.74) is -9.52. The van der Waals surface area contributed by atoms with Gasteiger partial charge in [-0.3, -0.25) is 23.9 Å². The number of allylic oxidation sites excluding steroid dienone is 4. The number of aromatic amines is 1. The topological polar surface area (TPSA) is 163 Å². The zero-order valence-corrected chi connectivity index (χ0v) is 24.9. The van der Waals surface area contributed by atoms with Gasteiger partial charge in [-0.1, -0.05) is 13.0 Å². The van der Waals surface area contributed by atoms with Crippen LogP contribution in [0.25, 0.3) is 0 Å². The van der Waals surface area contributed by atoms with Gasteiger partial charge in [-0.25, -0.2) is 18.4 Å². The molecule has 0 amide bonds. The number of aliphatic hydroxyl groups excluding tert-OH is 1. The average Bonchev–Trinajstić information content (AvgIpc) is 3.37. The van der Waals surface area contributed by atoms with Gasteiger partial charge in [-0.2, -0.15) is 4.39 Å². The lowest BCUT2D eigenvalue weighted by molar-refractivity contribution is -0.249. The number of alkyl halides is 2. The van der Waals surface area contributed by atoms with Gasteiger partial charge in [0.2, 0.25) is 11.6 Å². The first-order valence-electron chi connectivity index (χ1n) is 14.6. The average molecular weight is 639 g/mol. The van der Waals surface area contributed by atoms with Crippen molar-refractivity contribution in [2.24, 2.45) is 22.7 Å².